The Hall–Kier alpha value is -2.05. The van der Waals surface area contributed by atoms with Crippen LogP contribution in [-0.2, 0) is 0 Å². The van der Waals surface area contributed by atoms with Crippen LogP contribution in [0.3, 0.4) is 0 Å². The first-order chi connectivity index (χ1) is 10.4. The first kappa shape index (κ1) is 16.3. The molecule has 22 heavy (non-hydrogen) atoms. The summed E-state index contributed by atoms with van der Waals surface area (Å²) in [6, 6.07) is 1.69. The Morgan fingerprint density at radius 2 is 1.91 bits per heavy atom. The van der Waals surface area contributed by atoms with Crippen LogP contribution in [0.4, 0.5) is 4.79 Å². The maximum absolute atomic E-state index is 12.6. The lowest BCUT2D eigenvalue weighted by Crippen LogP contribution is -2.39. The average Bonchev–Trinajstić information content (AvgIpc) is 2.73. The van der Waals surface area contributed by atoms with E-state index >= 15 is 0 Å². The fourth-order valence-corrected chi connectivity index (χ4v) is 2.71. The number of aryl methyl sites for hydroxylation is 1. The molecule has 2 heterocycles. The van der Waals surface area contributed by atoms with E-state index in [0.29, 0.717) is 31.9 Å². The summed E-state index contributed by atoms with van der Waals surface area (Å²) < 4.78 is 1.90. The highest BCUT2D eigenvalue weighted by atomic mass is 16.2. The molecule has 2 rings (SSSR count). The summed E-state index contributed by atoms with van der Waals surface area (Å²) in [5.74, 6) is -0.0727. The van der Waals surface area contributed by atoms with Gasteiger partial charge in [0, 0.05) is 37.9 Å². The quantitative estimate of drug-likeness (QED) is 0.915. The molecule has 3 amide bonds. The van der Waals surface area contributed by atoms with Crippen molar-refractivity contribution in [2.45, 2.75) is 39.7 Å². The molecular weight excluding hydrogens is 282 g/mol. The van der Waals surface area contributed by atoms with Gasteiger partial charge in [0.2, 0.25) is 0 Å². The molecule has 1 saturated heterocycles. The third-order valence-electron chi connectivity index (χ3n) is 4.24. The molecule has 1 unspecified atom stereocenters. The molecule has 0 saturated carbocycles. The lowest BCUT2D eigenvalue weighted by atomic mass is 10.2. The van der Waals surface area contributed by atoms with Gasteiger partial charge in [0.05, 0.1) is 0 Å². The van der Waals surface area contributed by atoms with Crippen molar-refractivity contribution >= 4 is 11.9 Å². The molecule has 0 bridgehead atoms. The van der Waals surface area contributed by atoms with Crippen molar-refractivity contribution in [3.05, 3.63) is 17.5 Å². The fourth-order valence-electron chi connectivity index (χ4n) is 2.71. The molecule has 1 aromatic heterocycles. The minimum Gasteiger partial charge on any atom is -0.351 e. The predicted molar refractivity (Wildman–Crippen MR) is 83.6 cm³/mol. The van der Waals surface area contributed by atoms with Gasteiger partial charge >= 0.3 is 6.03 Å². The second-order valence-corrected chi connectivity index (χ2v) is 5.84. The number of carbonyl (C=O) groups excluding carboxylic acids is 2. The smallest absolute Gasteiger partial charge is 0.314 e. The zero-order chi connectivity index (χ0) is 16.3. The van der Waals surface area contributed by atoms with Gasteiger partial charge in [0.15, 0.2) is 5.69 Å². The van der Waals surface area contributed by atoms with Crippen LogP contribution in [0.25, 0.3) is 0 Å². The highest BCUT2D eigenvalue weighted by Gasteiger charge is 2.24. The summed E-state index contributed by atoms with van der Waals surface area (Å²) >= 11 is 0. The summed E-state index contributed by atoms with van der Waals surface area (Å²) in [5.41, 5.74) is 6.78. The molecule has 0 radical (unpaired) electrons. The number of hydrogen-bond donors (Lipinski definition) is 1. The van der Waals surface area contributed by atoms with Gasteiger partial charge in [-0.05, 0) is 32.8 Å². The van der Waals surface area contributed by atoms with Crippen LogP contribution in [0.15, 0.2) is 6.07 Å². The minimum absolute atomic E-state index is 0.0727. The average molecular weight is 307 g/mol. The molecule has 122 valence electrons. The van der Waals surface area contributed by atoms with E-state index in [2.05, 4.69) is 18.9 Å². The molecule has 1 aliphatic heterocycles. The number of urea groups is 1. The number of aromatic nitrogens is 2. The van der Waals surface area contributed by atoms with E-state index in [1.807, 2.05) is 17.7 Å². The fraction of sp³-hybridized carbons (Fsp3) is 0.667. The highest BCUT2D eigenvalue weighted by Crippen LogP contribution is 2.16. The largest absolute Gasteiger partial charge is 0.351 e. The molecular formula is C15H25N5O2. The Morgan fingerprint density at radius 3 is 2.55 bits per heavy atom. The Balaban J connectivity index is 2.10. The highest BCUT2D eigenvalue weighted by molar-refractivity contribution is 5.92. The Labute approximate surface area is 131 Å². The van der Waals surface area contributed by atoms with Crippen molar-refractivity contribution in [3.8, 4) is 0 Å². The van der Waals surface area contributed by atoms with E-state index in [-0.39, 0.29) is 11.9 Å². The number of carbonyl (C=O) groups is 2. The van der Waals surface area contributed by atoms with Gasteiger partial charge in [-0.15, -0.1) is 0 Å². The monoisotopic (exact) mass is 307 g/mol. The lowest BCUT2D eigenvalue weighted by Gasteiger charge is -2.20. The van der Waals surface area contributed by atoms with Crippen LogP contribution in [-0.4, -0.2) is 57.7 Å². The Kier molecular flexibility index (Phi) is 5.05. The predicted octanol–water partition coefficient (Wildman–Crippen LogP) is 1.39. The van der Waals surface area contributed by atoms with Crippen molar-refractivity contribution in [2.75, 3.05) is 26.2 Å². The van der Waals surface area contributed by atoms with Crippen LogP contribution >= 0.6 is 0 Å². The first-order valence-corrected chi connectivity index (χ1v) is 7.83. The van der Waals surface area contributed by atoms with Crippen molar-refractivity contribution in [1.29, 1.82) is 0 Å². The second kappa shape index (κ2) is 6.81. The summed E-state index contributed by atoms with van der Waals surface area (Å²) in [6.07, 6.45) is 1.70. The Bertz CT molecular complexity index is 554. The zero-order valence-electron chi connectivity index (χ0n) is 13.6. The van der Waals surface area contributed by atoms with E-state index in [1.54, 1.807) is 9.80 Å². The van der Waals surface area contributed by atoms with Crippen LogP contribution in [0.1, 0.15) is 48.9 Å². The molecule has 0 spiro atoms. The summed E-state index contributed by atoms with van der Waals surface area (Å²) in [4.78, 5) is 27.2. The number of hydrogen-bond acceptors (Lipinski definition) is 3. The maximum Gasteiger partial charge on any atom is 0.314 e. The molecule has 0 aromatic carbocycles. The zero-order valence-corrected chi connectivity index (χ0v) is 13.6. The SMILES string of the molecule is CCC(C)n1nc(C(=O)N2CCCN(C(N)=O)CC2)cc1C. The first-order valence-electron chi connectivity index (χ1n) is 7.83. The van der Waals surface area contributed by atoms with Crippen LogP contribution in [0.2, 0.25) is 0 Å². The second-order valence-electron chi connectivity index (χ2n) is 5.84. The normalized spacial score (nSPS) is 17.2. The van der Waals surface area contributed by atoms with Gasteiger partial charge in [0.25, 0.3) is 5.91 Å². The molecule has 2 N–H and O–H groups in total. The molecule has 1 aliphatic rings. The van der Waals surface area contributed by atoms with Crippen molar-refractivity contribution < 1.29 is 9.59 Å². The standard InChI is InChI=1S/C15H25N5O2/c1-4-11(2)20-12(3)10-13(17-20)14(21)18-6-5-7-19(9-8-18)15(16)22/h10-11H,4-9H2,1-3H3,(H2,16,22). The maximum atomic E-state index is 12.6. The van der Waals surface area contributed by atoms with Crippen molar-refractivity contribution in [1.82, 2.24) is 19.6 Å². The summed E-state index contributed by atoms with van der Waals surface area (Å²) in [6.45, 7) is 8.35. The lowest BCUT2D eigenvalue weighted by molar-refractivity contribution is 0.0755. The van der Waals surface area contributed by atoms with Crippen molar-refractivity contribution in [2.24, 2.45) is 5.73 Å². The van der Waals surface area contributed by atoms with Crippen LogP contribution in [0.5, 0.6) is 0 Å². The number of rotatable bonds is 3. The summed E-state index contributed by atoms with van der Waals surface area (Å²) in [5, 5.41) is 4.46. The van der Waals surface area contributed by atoms with E-state index in [0.717, 1.165) is 18.5 Å². The molecule has 1 fully saturated rings. The third-order valence-corrected chi connectivity index (χ3v) is 4.24. The Morgan fingerprint density at radius 1 is 1.27 bits per heavy atom. The molecule has 7 heteroatoms. The van der Waals surface area contributed by atoms with Gasteiger partial charge in [-0.1, -0.05) is 6.92 Å². The molecule has 0 aliphatic carbocycles. The van der Waals surface area contributed by atoms with Gasteiger partial charge in [-0.3, -0.25) is 9.48 Å². The van der Waals surface area contributed by atoms with Gasteiger partial charge < -0.3 is 15.5 Å². The van der Waals surface area contributed by atoms with Gasteiger partial charge in [-0.25, -0.2) is 4.79 Å². The van der Waals surface area contributed by atoms with Gasteiger partial charge in [0.1, 0.15) is 0 Å². The van der Waals surface area contributed by atoms with E-state index in [9.17, 15) is 9.59 Å². The number of amides is 3. The van der Waals surface area contributed by atoms with E-state index in [1.165, 1.54) is 0 Å². The third kappa shape index (κ3) is 3.40. The molecule has 1 aromatic rings. The summed E-state index contributed by atoms with van der Waals surface area (Å²) in [7, 11) is 0. The number of nitrogens with zero attached hydrogens (tertiary/aromatic N) is 4. The topological polar surface area (TPSA) is 84.5 Å². The molecule has 7 nitrogen and oxygen atoms in total. The van der Waals surface area contributed by atoms with E-state index in [4.69, 9.17) is 5.73 Å². The minimum atomic E-state index is -0.425. The molecule has 1 atom stereocenters. The van der Waals surface area contributed by atoms with E-state index < -0.39 is 6.03 Å². The number of primary amides is 1. The number of nitrogens with two attached hydrogens (primary N) is 1. The van der Waals surface area contributed by atoms with Gasteiger partial charge in [-0.2, -0.15) is 5.10 Å². The van der Waals surface area contributed by atoms with Crippen LogP contribution < -0.4 is 5.73 Å². The van der Waals surface area contributed by atoms with Crippen LogP contribution in [0, 0.1) is 6.92 Å². The van der Waals surface area contributed by atoms with Crippen molar-refractivity contribution in [3.63, 3.8) is 0 Å².